The van der Waals surface area contributed by atoms with Gasteiger partial charge in [-0.25, -0.2) is 13.1 Å². The molecule has 25 heavy (non-hydrogen) atoms. The number of sulfonamides is 1. The van der Waals surface area contributed by atoms with Crippen molar-refractivity contribution in [3.05, 3.63) is 65.7 Å². The molecular weight excluding hydrogens is 342 g/mol. The van der Waals surface area contributed by atoms with Gasteiger partial charge in [0.1, 0.15) is 0 Å². The normalized spacial score (nSPS) is 12.7. The third kappa shape index (κ3) is 5.67. The van der Waals surface area contributed by atoms with Crippen LogP contribution in [0.1, 0.15) is 23.7 Å². The van der Waals surface area contributed by atoms with E-state index in [0.29, 0.717) is 6.42 Å². The second kappa shape index (κ2) is 8.75. The minimum atomic E-state index is -3.60. The van der Waals surface area contributed by atoms with E-state index in [1.807, 2.05) is 24.3 Å². The summed E-state index contributed by atoms with van der Waals surface area (Å²) in [6, 6.07) is 15.4. The van der Waals surface area contributed by atoms with Gasteiger partial charge in [-0.15, -0.1) is 0 Å². The van der Waals surface area contributed by atoms with E-state index >= 15 is 0 Å². The highest BCUT2D eigenvalue weighted by atomic mass is 32.2. The van der Waals surface area contributed by atoms with Crippen LogP contribution in [0, 0.1) is 0 Å². The number of carboxylic acids is 1. The molecule has 0 radical (unpaired) electrons. The summed E-state index contributed by atoms with van der Waals surface area (Å²) in [5, 5.41) is 8.71. The van der Waals surface area contributed by atoms with Gasteiger partial charge in [-0.1, -0.05) is 42.5 Å². The van der Waals surface area contributed by atoms with Crippen LogP contribution in [-0.4, -0.2) is 33.1 Å². The predicted octanol–water partition coefficient (Wildman–Crippen LogP) is 2.37. The Balaban J connectivity index is 2.01. The number of carboxylic acid groups (broad SMARTS) is 1. The van der Waals surface area contributed by atoms with Crippen LogP contribution in [0.2, 0.25) is 0 Å². The van der Waals surface area contributed by atoms with Crippen molar-refractivity contribution in [1.29, 1.82) is 0 Å². The van der Waals surface area contributed by atoms with Gasteiger partial charge in [0, 0.05) is 20.1 Å². The molecule has 1 unspecified atom stereocenters. The number of aryl methyl sites for hydroxylation is 1. The minimum absolute atomic E-state index is 0.0733. The van der Waals surface area contributed by atoms with Crippen LogP contribution < -0.4 is 4.72 Å². The second-order valence-electron chi connectivity index (χ2n) is 5.52. The first-order valence-electron chi connectivity index (χ1n) is 7.80. The summed E-state index contributed by atoms with van der Waals surface area (Å²) in [6.45, 7) is 0.0994. The van der Waals surface area contributed by atoms with E-state index in [1.54, 1.807) is 18.2 Å². The molecule has 0 saturated heterocycles. The van der Waals surface area contributed by atoms with Crippen molar-refractivity contribution in [3.63, 3.8) is 0 Å². The fraction of sp³-hybridized carbons (Fsp3) is 0.278. The lowest BCUT2D eigenvalue weighted by molar-refractivity contribution is -0.136. The van der Waals surface area contributed by atoms with E-state index in [4.69, 9.17) is 9.84 Å². The third-order valence-corrected chi connectivity index (χ3v) is 5.22. The Hall–Kier alpha value is -2.22. The highest BCUT2D eigenvalue weighted by Crippen LogP contribution is 2.18. The summed E-state index contributed by atoms with van der Waals surface area (Å²) in [5.41, 5.74) is 1.73. The Morgan fingerprint density at radius 2 is 1.76 bits per heavy atom. The van der Waals surface area contributed by atoms with Gasteiger partial charge in [0.25, 0.3) is 0 Å². The summed E-state index contributed by atoms with van der Waals surface area (Å²) in [7, 11) is -2.08. The Bertz CT molecular complexity index is 788. The number of nitrogens with one attached hydrogen (secondary N) is 1. The average molecular weight is 363 g/mol. The zero-order valence-corrected chi connectivity index (χ0v) is 14.7. The van der Waals surface area contributed by atoms with Gasteiger partial charge < -0.3 is 9.84 Å². The monoisotopic (exact) mass is 363 g/mol. The van der Waals surface area contributed by atoms with Crippen LogP contribution in [0.3, 0.4) is 0 Å². The second-order valence-corrected chi connectivity index (χ2v) is 7.29. The van der Waals surface area contributed by atoms with Crippen LogP contribution in [0.15, 0.2) is 59.5 Å². The Labute approximate surface area is 147 Å². The number of hydrogen-bond donors (Lipinski definition) is 2. The highest BCUT2D eigenvalue weighted by molar-refractivity contribution is 7.89. The van der Waals surface area contributed by atoms with E-state index in [2.05, 4.69) is 4.72 Å². The lowest BCUT2D eigenvalue weighted by Crippen LogP contribution is -2.29. The summed E-state index contributed by atoms with van der Waals surface area (Å²) in [6.07, 6.45) is 0.0877. The van der Waals surface area contributed by atoms with Crippen molar-refractivity contribution in [2.24, 2.45) is 0 Å². The first-order chi connectivity index (χ1) is 11.9. The molecule has 0 spiro atoms. The van der Waals surface area contributed by atoms with Gasteiger partial charge in [-0.2, -0.15) is 0 Å². The van der Waals surface area contributed by atoms with E-state index < -0.39 is 22.1 Å². The molecule has 0 aliphatic carbocycles. The molecule has 0 bridgehead atoms. The van der Waals surface area contributed by atoms with Crippen LogP contribution in [0.25, 0.3) is 0 Å². The largest absolute Gasteiger partial charge is 0.481 e. The Kier molecular flexibility index (Phi) is 6.69. The topological polar surface area (TPSA) is 92.7 Å². The molecule has 0 saturated carbocycles. The van der Waals surface area contributed by atoms with Crippen molar-refractivity contribution in [1.82, 2.24) is 4.72 Å². The first kappa shape index (κ1) is 19.1. The van der Waals surface area contributed by atoms with Gasteiger partial charge in [0.15, 0.2) is 0 Å². The number of benzene rings is 2. The summed E-state index contributed by atoms with van der Waals surface area (Å²) in [5.74, 6) is -0.839. The smallest absolute Gasteiger partial charge is 0.303 e. The molecule has 7 heteroatoms. The van der Waals surface area contributed by atoms with Gasteiger partial charge in [-0.3, -0.25) is 4.79 Å². The Morgan fingerprint density at radius 3 is 2.32 bits per heavy atom. The molecule has 0 fully saturated rings. The summed E-state index contributed by atoms with van der Waals surface area (Å²) < 4.78 is 32.5. The van der Waals surface area contributed by atoms with E-state index in [1.165, 1.54) is 19.2 Å². The summed E-state index contributed by atoms with van der Waals surface area (Å²) in [4.78, 5) is 10.8. The summed E-state index contributed by atoms with van der Waals surface area (Å²) >= 11 is 0. The SMILES string of the molecule is COC(CNS(=O)(=O)c1ccccc1)c1ccc(CCC(=O)O)cc1. The van der Waals surface area contributed by atoms with Crippen molar-refractivity contribution >= 4 is 16.0 Å². The molecule has 0 heterocycles. The van der Waals surface area contributed by atoms with Crippen molar-refractivity contribution in [3.8, 4) is 0 Å². The fourth-order valence-corrected chi connectivity index (χ4v) is 3.41. The van der Waals surface area contributed by atoms with E-state index in [-0.39, 0.29) is 17.9 Å². The third-order valence-electron chi connectivity index (χ3n) is 3.78. The van der Waals surface area contributed by atoms with E-state index in [9.17, 15) is 13.2 Å². The lowest BCUT2D eigenvalue weighted by Gasteiger charge is -2.17. The van der Waals surface area contributed by atoms with Crippen molar-refractivity contribution < 1.29 is 23.1 Å². The van der Waals surface area contributed by atoms with Gasteiger partial charge in [0.2, 0.25) is 10.0 Å². The molecule has 0 aliphatic rings. The maximum atomic E-state index is 12.3. The first-order valence-corrected chi connectivity index (χ1v) is 9.29. The number of rotatable bonds is 9. The highest BCUT2D eigenvalue weighted by Gasteiger charge is 2.17. The molecule has 0 aromatic heterocycles. The average Bonchev–Trinajstić information content (AvgIpc) is 2.62. The molecule has 0 aliphatic heterocycles. The zero-order valence-electron chi connectivity index (χ0n) is 13.9. The van der Waals surface area contributed by atoms with Crippen molar-refractivity contribution in [2.75, 3.05) is 13.7 Å². The fourth-order valence-electron chi connectivity index (χ4n) is 2.36. The molecule has 2 rings (SSSR count). The van der Waals surface area contributed by atoms with Crippen molar-refractivity contribution in [2.45, 2.75) is 23.8 Å². The molecule has 1 atom stereocenters. The van der Waals surface area contributed by atoms with Gasteiger partial charge >= 0.3 is 5.97 Å². The predicted molar refractivity (Wildman–Crippen MR) is 93.8 cm³/mol. The number of hydrogen-bond acceptors (Lipinski definition) is 4. The number of methoxy groups -OCH3 is 1. The standard InChI is InChI=1S/C18H21NO5S/c1-24-17(13-19-25(22,23)16-5-3-2-4-6-16)15-10-7-14(8-11-15)9-12-18(20)21/h2-8,10-11,17,19H,9,12-13H2,1H3,(H,20,21). The maximum Gasteiger partial charge on any atom is 0.303 e. The molecule has 0 amide bonds. The van der Waals surface area contributed by atoms with Crippen LogP contribution >= 0.6 is 0 Å². The molecule has 2 aromatic rings. The molecule has 2 aromatic carbocycles. The number of carbonyl (C=O) groups is 1. The molecule has 6 nitrogen and oxygen atoms in total. The minimum Gasteiger partial charge on any atom is -0.481 e. The van der Waals surface area contributed by atoms with Crippen LogP contribution in [-0.2, 0) is 26.0 Å². The number of ether oxygens (including phenoxy) is 1. The molecule has 134 valence electrons. The van der Waals surface area contributed by atoms with Crippen LogP contribution in [0.5, 0.6) is 0 Å². The van der Waals surface area contributed by atoms with E-state index in [0.717, 1.165) is 11.1 Å². The van der Waals surface area contributed by atoms with Crippen LogP contribution in [0.4, 0.5) is 0 Å². The lowest BCUT2D eigenvalue weighted by atomic mass is 10.0. The molecular formula is C18H21NO5S. The quantitative estimate of drug-likeness (QED) is 0.713. The molecule has 2 N–H and O–H groups in total. The maximum absolute atomic E-state index is 12.3. The number of aliphatic carboxylic acids is 1. The Morgan fingerprint density at radius 1 is 1.12 bits per heavy atom. The zero-order chi connectivity index (χ0) is 18.3. The van der Waals surface area contributed by atoms with Gasteiger partial charge in [-0.05, 0) is 29.7 Å². The van der Waals surface area contributed by atoms with Gasteiger partial charge in [0.05, 0.1) is 11.0 Å².